The van der Waals surface area contributed by atoms with Gasteiger partial charge in [-0.1, -0.05) is 26.1 Å². The average molecular weight is 294 g/mol. The van der Waals surface area contributed by atoms with Crippen LogP contribution in [0, 0.1) is 5.92 Å². The summed E-state index contributed by atoms with van der Waals surface area (Å²) in [7, 11) is 1.70. The molecule has 0 spiro atoms. The monoisotopic (exact) mass is 294 g/mol. The Morgan fingerprint density at radius 2 is 1.95 bits per heavy atom. The van der Waals surface area contributed by atoms with Crippen LogP contribution in [0.15, 0.2) is 18.2 Å². The zero-order chi connectivity index (χ0) is 15.3. The first kappa shape index (κ1) is 16.9. The topological polar surface area (TPSA) is 38.5 Å². The van der Waals surface area contributed by atoms with Crippen molar-refractivity contribution in [1.82, 2.24) is 4.90 Å². The van der Waals surface area contributed by atoms with Crippen LogP contribution in [-0.4, -0.2) is 29.6 Å². The maximum atomic E-state index is 5.72. The van der Waals surface area contributed by atoms with Crippen molar-refractivity contribution in [3.63, 3.8) is 0 Å². The fourth-order valence-corrected chi connectivity index (χ4v) is 2.33. The van der Waals surface area contributed by atoms with Crippen molar-refractivity contribution in [1.29, 1.82) is 0 Å². The van der Waals surface area contributed by atoms with Gasteiger partial charge in [0.25, 0.3) is 0 Å². The first-order valence-corrected chi connectivity index (χ1v) is 7.46. The fraction of sp³-hybridized carbons (Fsp3) is 0.562. The second kappa shape index (κ2) is 7.60. The Morgan fingerprint density at radius 1 is 1.30 bits per heavy atom. The third-order valence-corrected chi connectivity index (χ3v) is 3.50. The molecule has 0 aliphatic heterocycles. The summed E-state index contributed by atoms with van der Waals surface area (Å²) >= 11 is 5.06. The van der Waals surface area contributed by atoms with Gasteiger partial charge in [-0.3, -0.25) is 4.90 Å². The van der Waals surface area contributed by atoms with Gasteiger partial charge in [0.2, 0.25) is 0 Å². The molecule has 1 aromatic rings. The third kappa shape index (κ3) is 4.76. The van der Waals surface area contributed by atoms with E-state index >= 15 is 0 Å². The quantitative estimate of drug-likeness (QED) is 0.784. The lowest BCUT2D eigenvalue weighted by Crippen LogP contribution is -2.33. The molecule has 0 fully saturated rings. The molecule has 20 heavy (non-hydrogen) atoms. The molecule has 0 saturated carbocycles. The summed E-state index contributed by atoms with van der Waals surface area (Å²) in [6.07, 6.45) is 0. The molecular weight excluding hydrogens is 268 g/mol. The Bertz CT molecular complexity index is 458. The van der Waals surface area contributed by atoms with E-state index in [1.165, 1.54) is 0 Å². The van der Waals surface area contributed by atoms with Crippen LogP contribution in [0.25, 0.3) is 0 Å². The normalized spacial score (nSPS) is 11.4. The molecule has 1 aromatic carbocycles. The molecule has 0 unspecified atom stereocenters. The fourth-order valence-electron chi connectivity index (χ4n) is 2.20. The minimum absolute atomic E-state index is 0.425. The van der Waals surface area contributed by atoms with E-state index in [9.17, 15) is 0 Å². The summed E-state index contributed by atoms with van der Waals surface area (Å²) in [6, 6.07) is 6.37. The highest BCUT2D eigenvalue weighted by Crippen LogP contribution is 2.23. The molecule has 0 aliphatic carbocycles. The Kier molecular flexibility index (Phi) is 6.43. The van der Waals surface area contributed by atoms with Gasteiger partial charge in [-0.05, 0) is 38.0 Å². The van der Waals surface area contributed by atoms with Crippen molar-refractivity contribution in [2.45, 2.75) is 40.3 Å². The van der Waals surface area contributed by atoms with Crippen LogP contribution in [-0.2, 0) is 6.54 Å². The molecule has 0 amide bonds. The van der Waals surface area contributed by atoms with Gasteiger partial charge in [-0.2, -0.15) is 0 Å². The molecule has 112 valence electrons. The lowest BCUT2D eigenvalue weighted by molar-refractivity contribution is 0.187. The number of thiocarbonyl (C=S) groups is 1. The molecule has 4 heteroatoms. The summed E-state index contributed by atoms with van der Waals surface area (Å²) in [6.45, 7) is 10.8. The van der Waals surface area contributed by atoms with Crippen molar-refractivity contribution in [2.75, 3.05) is 13.7 Å². The van der Waals surface area contributed by atoms with Gasteiger partial charge >= 0.3 is 0 Å². The number of benzene rings is 1. The van der Waals surface area contributed by atoms with Crippen LogP contribution in [0.4, 0.5) is 0 Å². The van der Waals surface area contributed by atoms with Crippen LogP contribution >= 0.6 is 12.2 Å². The number of methoxy groups -OCH3 is 1. The summed E-state index contributed by atoms with van der Waals surface area (Å²) in [4.78, 5) is 2.86. The Balaban J connectivity index is 3.03. The summed E-state index contributed by atoms with van der Waals surface area (Å²) in [5.41, 5.74) is 7.75. The van der Waals surface area contributed by atoms with Gasteiger partial charge in [0.15, 0.2) is 0 Å². The highest BCUT2D eigenvalue weighted by molar-refractivity contribution is 7.80. The van der Waals surface area contributed by atoms with Crippen LogP contribution in [0.5, 0.6) is 5.75 Å². The van der Waals surface area contributed by atoms with E-state index in [2.05, 4.69) is 32.6 Å². The average Bonchev–Trinajstić information content (AvgIpc) is 2.37. The number of hydrogen-bond acceptors (Lipinski definition) is 3. The van der Waals surface area contributed by atoms with Gasteiger partial charge in [0.1, 0.15) is 10.7 Å². The van der Waals surface area contributed by atoms with Crippen LogP contribution in [0.1, 0.15) is 38.8 Å². The number of nitrogens with two attached hydrogens (primary N) is 1. The molecular formula is C16H26N2OS. The molecule has 0 aliphatic rings. The Labute approximate surface area is 128 Å². The molecule has 0 heterocycles. The number of rotatable bonds is 7. The van der Waals surface area contributed by atoms with E-state index in [1.807, 2.05) is 18.2 Å². The van der Waals surface area contributed by atoms with E-state index in [4.69, 9.17) is 22.7 Å². The standard InChI is InChI=1S/C16H26N2OS/c1-11(2)9-18(12(3)4)10-14-8-13(16(17)20)6-7-15(14)19-5/h6-8,11-12H,9-10H2,1-5H3,(H2,17,20). The van der Waals surface area contributed by atoms with E-state index in [0.717, 1.165) is 30.0 Å². The smallest absolute Gasteiger partial charge is 0.123 e. The van der Waals surface area contributed by atoms with E-state index in [1.54, 1.807) is 7.11 Å². The van der Waals surface area contributed by atoms with Gasteiger partial charge in [-0.15, -0.1) is 0 Å². The van der Waals surface area contributed by atoms with Crippen molar-refractivity contribution < 1.29 is 4.74 Å². The second-order valence-corrected chi connectivity index (χ2v) is 6.25. The minimum Gasteiger partial charge on any atom is -0.496 e. The van der Waals surface area contributed by atoms with Crippen molar-refractivity contribution in [3.8, 4) is 5.75 Å². The Hall–Kier alpha value is -1.13. The van der Waals surface area contributed by atoms with Crippen molar-refractivity contribution in [2.24, 2.45) is 11.7 Å². The lowest BCUT2D eigenvalue weighted by Gasteiger charge is -2.29. The Morgan fingerprint density at radius 3 is 2.40 bits per heavy atom. The highest BCUT2D eigenvalue weighted by atomic mass is 32.1. The van der Waals surface area contributed by atoms with E-state index in [-0.39, 0.29) is 0 Å². The molecule has 0 bridgehead atoms. The lowest BCUT2D eigenvalue weighted by atomic mass is 10.1. The summed E-state index contributed by atoms with van der Waals surface area (Å²) < 4.78 is 5.45. The largest absolute Gasteiger partial charge is 0.496 e. The van der Waals surface area contributed by atoms with Crippen LogP contribution in [0.3, 0.4) is 0 Å². The molecule has 1 rings (SSSR count). The van der Waals surface area contributed by atoms with Crippen LogP contribution in [0.2, 0.25) is 0 Å². The minimum atomic E-state index is 0.425. The van der Waals surface area contributed by atoms with Crippen molar-refractivity contribution >= 4 is 17.2 Å². The molecule has 0 aromatic heterocycles. The van der Waals surface area contributed by atoms with E-state index < -0.39 is 0 Å². The number of hydrogen-bond donors (Lipinski definition) is 1. The second-order valence-electron chi connectivity index (χ2n) is 5.81. The number of nitrogens with zero attached hydrogens (tertiary/aromatic N) is 1. The van der Waals surface area contributed by atoms with Gasteiger partial charge < -0.3 is 10.5 Å². The molecule has 0 saturated heterocycles. The predicted octanol–water partition coefficient (Wildman–Crippen LogP) is 3.20. The molecule has 0 atom stereocenters. The van der Waals surface area contributed by atoms with Gasteiger partial charge in [0.05, 0.1) is 7.11 Å². The number of ether oxygens (including phenoxy) is 1. The maximum Gasteiger partial charge on any atom is 0.123 e. The summed E-state index contributed by atoms with van der Waals surface area (Å²) in [5, 5.41) is 0. The summed E-state index contributed by atoms with van der Waals surface area (Å²) in [5.74, 6) is 1.52. The highest BCUT2D eigenvalue weighted by Gasteiger charge is 2.15. The van der Waals surface area contributed by atoms with Crippen molar-refractivity contribution in [3.05, 3.63) is 29.3 Å². The zero-order valence-electron chi connectivity index (χ0n) is 13.1. The third-order valence-electron chi connectivity index (χ3n) is 3.27. The molecule has 2 N–H and O–H groups in total. The molecule has 3 nitrogen and oxygen atoms in total. The first-order chi connectivity index (χ1) is 9.35. The maximum absolute atomic E-state index is 5.72. The van der Waals surface area contributed by atoms with Gasteiger partial charge in [-0.25, -0.2) is 0 Å². The van der Waals surface area contributed by atoms with Crippen LogP contribution < -0.4 is 10.5 Å². The molecule has 0 radical (unpaired) electrons. The van der Waals surface area contributed by atoms with E-state index in [0.29, 0.717) is 16.9 Å². The predicted molar refractivity (Wildman–Crippen MR) is 89.3 cm³/mol. The first-order valence-electron chi connectivity index (χ1n) is 7.06. The zero-order valence-corrected chi connectivity index (χ0v) is 14.0. The SMILES string of the molecule is COc1ccc(C(N)=S)cc1CN(CC(C)C)C(C)C. The van der Waals surface area contributed by atoms with Gasteiger partial charge in [0, 0.05) is 30.3 Å².